The van der Waals surface area contributed by atoms with Gasteiger partial charge in [-0.1, -0.05) is 22.9 Å². The Kier molecular flexibility index (Phi) is 6.87. The van der Waals surface area contributed by atoms with Gasteiger partial charge in [-0.3, -0.25) is 4.79 Å². The minimum absolute atomic E-state index is 0.0985. The minimum atomic E-state index is -0.492. The molecule has 0 aliphatic heterocycles. The van der Waals surface area contributed by atoms with Gasteiger partial charge in [0.05, 0.1) is 0 Å². The van der Waals surface area contributed by atoms with E-state index in [4.69, 9.17) is 4.74 Å². The molecule has 2 N–H and O–H groups in total. The van der Waals surface area contributed by atoms with Crippen molar-refractivity contribution in [3.05, 3.63) is 28.2 Å². The second-order valence-corrected chi connectivity index (χ2v) is 5.04. The third-order valence-electron chi connectivity index (χ3n) is 2.62. The smallest absolute Gasteiger partial charge is 0.260 e. The lowest BCUT2D eigenvalue weighted by Crippen LogP contribution is -2.36. The lowest BCUT2D eigenvalue weighted by molar-refractivity contribution is -0.127. The summed E-state index contributed by atoms with van der Waals surface area (Å²) in [5, 5.41) is 6.00. The zero-order valence-corrected chi connectivity index (χ0v) is 13.2. The van der Waals surface area contributed by atoms with Gasteiger partial charge in [-0.05, 0) is 44.2 Å². The second-order valence-electron chi connectivity index (χ2n) is 4.19. The van der Waals surface area contributed by atoms with E-state index in [9.17, 15) is 4.79 Å². The predicted octanol–water partition coefficient (Wildman–Crippen LogP) is 2.46. The Bertz CT molecular complexity index is 424. The maximum atomic E-state index is 11.6. The number of benzene rings is 1. The van der Waals surface area contributed by atoms with Crippen LogP contribution < -0.4 is 15.4 Å². The molecule has 1 aromatic rings. The molecule has 0 fully saturated rings. The number of carbonyl (C=O) groups is 1. The van der Waals surface area contributed by atoms with Crippen molar-refractivity contribution in [2.75, 3.05) is 13.1 Å². The molecule has 19 heavy (non-hydrogen) atoms. The molecule has 0 aliphatic rings. The van der Waals surface area contributed by atoms with Crippen LogP contribution in [0, 0.1) is 0 Å². The molecule has 1 aromatic carbocycles. The number of nitrogens with one attached hydrogen (secondary N) is 2. The lowest BCUT2D eigenvalue weighted by atomic mass is 10.2. The van der Waals surface area contributed by atoms with Gasteiger partial charge in [-0.15, -0.1) is 0 Å². The highest BCUT2D eigenvalue weighted by molar-refractivity contribution is 9.10. The van der Waals surface area contributed by atoms with Gasteiger partial charge in [0.15, 0.2) is 6.10 Å². The zero-order chi connectivity index (χ0) is 14.3. The van der Waals surface area contributed by atoms with Crippen molar-refractivity contribution in [2.45, 2.75) is 33.4 Å². The number of halogens is 1. The standard InChI is InChI=1S/C14H21BrN2O2/c1-4-16-9-11-8-12(6-7-13(11)15)19-10(3)14(18)17-5-2/h6-8,10,16H,4-5,9H2,1-3H3,(H,17,18). The van der Waals surface area contributed by atoms with E-state index in [2.05, 4.69) is 33.5 Å². The van der Waals surface area contributed by atoms with Gasteiger partial charge in [0.25, 0.3) is 5.91 Å². The van der Waals surface area contributed by atoms with Crippen LogP contribution in [0.1, 0.15) is 26.3 Å². The highest BCUT2D eigenvalue weighted by Crippen LogP contribution is 2.23. The number of likely N-dealkylation sites (N-methyl/N-ethyl adjacent to an activating group) is 1. The summed E-state index contributed by atoms with van der Waals surface area (Å²) in [5.74, 6) is 0.605. The molecule has 0 spiro atoms. The molecule has 4 nitrogen and oxygen atoms in total. The Hall–Kier alpha value is -1.07. The molecule has 0 saturated heterocycles. The molecule has 1 atom stereocenters. The molecule has 0 bridgehead atoms. The summed E-state index contributed by atoms with van der Waals surface area (Å²) in [6.07, 6.45) is -0.492. The van der Waals surface area contributed by atoms with Crippen LogP contribution in [-0.2, 0) is 11.3 Å². The molecule has 1 rings (SSSR count). The summed E-state index contributed by atoms with van der Waals surface area (Å²) in [6.45, 7) is 7.98. The molecule has 106 valence electrons. The van der Waals surface area contributed by atoms with E-state index in [0.29, 0.717) is 12.3 Å². The van der Waals surface area contributed by atoms with Gasteiger partial charge in [-0.25, -0.2) is 0 Å². The maximum absolute atomic E-state index is 11.6. The molecule has 0 saturated carbocycles. The van der Waals surface area contributed by atoms with E-state index in [-0.39, 0.29) is 5.91 Å². The van der Waals surface area contributed by atoms with E-state index in [1.165, 1.54) is 0 Å². The fourth-order valence-electron chi connectivity index (χ4n) is 1.60. The summed E-state index contributed by atoms with van der Waals surface area (Å²) in [6, 6.07) is 5.74. The minimum Gasteiger partial charge on any atom is -0.481 e. The maximum Gasteiger partial charge on any atom is 0.260 e. The molecule has 1 amide bonds. The monoisotopic (exact) mass is 328 g/mol. The van der Waals surface area contributed by atoms with Crippen LogP contribution in [0.15, 0.2) is 22.7 Å². The molecule has 0 aliphatic carbocycles. The number of hydrogen-bond donors (Lipinski definition) is 2. The van der Waals surface area contributed by atoms with E-state index < -0.39 is 6.10 Å². The van der Waals surface area contributed by atoms with E-state index >= 15 is 0 Å². The van der Waals surface area contributed by atoms with Crippen LogP contribution in [0.5, 0.6) is 5.75 Å². The van der Waals surface area contributed by atoms with Crippen LogP contribution in [0.3, 0.4) is 0 Å². The van der Waals surface area contributed by atoms with Crippen LogP contribution in [-0.4, -0.2) is 25.1 Å². The zero-order valence-electron chi connectivity index (χ0n) is 11.6. The van der Waals surface area contributed by atoms with E-state index in [1.807, 2.05) is 25.1 Å². The first-order chi connectivity index (χ1) is 9.08. The van der Waals surface area contributed by atoms with Gasteiger partial charge < -0.3 is 15.4 Å². The van der Waals surface area contributed by atoms with Gasteiger partial charge in [0, 0.05) is 17.6 Å². The SMILES string of the molecule is CCNCc1cc(OC(C)C(=O)NCC)ccc1Br. The van der Waals surface area contributed by atoms with Crippen molar-refractivity contribution < 1.29 is 9.53 Å². The van der Waals surface area contributed by atoms with Gasteiger partial charge in [0.2, 0.25) is 0 Å². The largest absolute Gasteiger partial charge is 0.481 e. The molecule has 5 heteroatoms. The Morgan fingerprint density at radius 3 is 2.74 bits per heavy atom. The highest BCUT2D eigenvalue weighted by Gasteiger charge is 2.14. The van der Waals surface area contributed by atoms with Crippen molar-refractivity contribution in [1.29, 1.82) is 0 Å². The number of ether oxygens (including phenoxy) is 1. The average molecular weight is 329 g/mol. The number of amides is 1. The fourth-order valence-corrected chi connectivity index (χ4v) is 1.98. The number of rotatable bonds is 7. The second kappa shape index (κ2) is 8.17. The third kappa shape index (κ3) is 5.20. The van der Waals surface area contributed by atoms with Crippen molar-refractivity contribution in [3.8, 4) is 5.75 Å². The summed E-state index contributed by atoms with van der Waals surface area (Å²) in [5.41, 5.74) is 1.11. The summed E-state index contributed by atoms with van der Waals surface area (Å²) in [7, 11) is 0. The molecule has 1 unspecified atom stereocenters. The van der Waals surface area contributed by atoms with Crippen molar-refractivity contribution in [1.82, 2.24) is 10.6 Å². The van der Waals surface area contributed by atoms with Crippen LogP contribution in [0.4, 0.5) is 0 Å². The van der Waals surface area contributed by atoms with Crippen LogP contribution >= 0.6 is 15.9 Å². The summed E-state index contributed by atoms with van der Waals surface area (Å²) < 4.78 is 6.68. The Balaban J connectivity index is 2.70. The molecular formula is C14H21BrN2O2. The van der Waals surface area contributed by atoms with Gasteiger partial charge >= 0.3 is 0 Å². The van der Waals surface area contributed by atoms with Crippen molar-refractivity contribution >= 4 is 21.8 Å². The van der Waals surface area contributed by atoms with Crippen LogP contribution in [0.25, 0.3) is 0 Å². The quantitative estimate of drug-likeness (QED) is 0.808. The third-order valence-corrected chi connectivity index (χ3v) is 3.39. The molecule has 0 radical (unpaired) electrons. The first-order valence-electron chi connectivity index (χ1n) is 6.52. The van der Waals surface area contributed by atoms with Gasteiger partial charge in [-0.2, -0.15) is 0 Å². The predicted molar refractivity (Wildman–Crippen MR) is 80.3 cm³/mol. The van der Waals surface area contributed by atoms with Crippen LogP contribution in [0.2, 0.25) is 0 Å². The Morgan fingerprint density at radius 2 is 2.11 bits per heavy atom. The molecule has 0 heterocycles. The summed E-state index contributed by atoms with van der Waals surface area (Å²) >= 11 is 3.51. The van der Waals surface area contributed by atoms with Crippen molar-refractivity contribution in [2.24, 2.45) is 0 Å². The van der Waals surface area contributed by atoms with Crippen molar-refractivity contribution in [3.63, 3.8) is 0 Å². The first kappa shape index (κ1) is 16.0. The molecule has 0 aromatic heterocycles. The van der Waals surface area contributed by atoms with Gasteiger partial charge in [0.1, 0.15) is 5.75 Å². The van der Waals surface area contributed by atoms with E-state index in [1.54, 1.807) is 6.92 Å². The number of carbonyl (C=O) groups excluding carboxylic acids is 1. The number of hydrogen-bond acceptors (Lipinski definition) is 3. The normalized spacial score (nSPS) is 12.0. The lowest BCUT2D eigenvalue weighted by Gasteiger charge is -2.15. The molecular weight excluding hydrogens is 308 g/mol. The Morgan fingerprint density at radius 1 is 1.37 bits per heavy atom. The van der Waals surface area contributed by atoms with E-state index in [0.717, 1.165) is 23.1 Å². The fraction of sp³-hybridized carbons (Fsp3) is 0.500. The highest BCUT2D eigenvalue weighted by atomic mass is 79.9. The topological polar surface area (TPSA) is 50.4 Å². The first-order valence-corrected chi connectivity index (χ1v) is 7.31. The summed E-state index contributed by atoms with van der Waals surface area (Å²) in [4.78, 5) is 11.6. The Labute approximate surface area is 123 Å². The average Bonchev–Trinajstić information content (AvgIpc) is 2.39.